The number of hydrogen-bond donors (Lipinski definition) is 0. The Bertz CT molecular complexity index is 1680. The zero-order valence-electron chi connectivity index (χ0n) is 28.4. The zero-order valence-corrected chi connectivity index (χ0v) is 29.3. The first-order chi connectivity index (χ1) is 24.5. The maximum atomic E-state index is 14.6. The summed E-state index contributed by atoms with van der Waals surface area (Å²) in [5.74, 6) is -0.0437. The summed E-state index contributed by atoms with van der Waals surface area (Å²) in [6.45, 7) is 3.28. The highest BCUT2D eigenvalue weighted by molar-refractivity contribution is 7.48. The summed E-state index contributed by atoms with van der Waals surface area (Å²) in [6, 6.07) is 49.2. The van der Waals surface area contributed by atoms with Crippen molar-refractivity contribution in [3.63, 3.8) is 0 Å². The van der Waals surface area contributed by atoms with Gasteiger partial charge in [-0.05, 0) is 40.2 Å². The number of phosphoric acid groups is 1. The van der Waals surface area contributed by atoms with E-state index in [1.165, 1.54) is 0 Å². The van der Waals surface area contributed by atoms with Gasteiger partial charge < -0.3 is 14.2 Å². The molecule has 5 aromatic rings. The van der Waals surface area contributed by atoms with Crippen LogP contribution in [0.5, 0.6) is 0 Å². The van der Waals surface area contributed by atoms with Crippen molar-refractivity contribution in [2.45, 2.75) is 70.8 Å². The van der Waals surface area contributed by atoms with Crippen LogP contribution in [0, 0.1) is 5.92 Å². The number of benzene rings is 5. The number of hydrogen-bond acceptors (Lipinski definition) is 7. The van der Waals surface area contributed by atoms with E-state index in [0.717, 1.165) is 27.8 Å². The van der Waals surface area contributed by atoms with Gasteiger partial charge in [-0.15, -0.1) is 0 Å². The summed E-state index contributed by atoms with van der Waals surface area (Å²) >= 11 is 0. The predicted octanol–water partition coefficient (Wildman–Crippen LogP) is 9.71. The average molecular weight is 693 g/mol. The summed E-state index contributed by atoms with van der Waals surface area (Å²) in [5, 5.41) is 0. The minimum absolute atomic E-state index is 0.0437. The Morgan fingerprint density at radius 3 is 1.16 bits per heavy atom. The monoisotopic (exact) mass is 692 g/mol. The van der Waals surface area contributed by atoms with Crippen molar-refractivity contribution < 1.29 is 32.3 Å². The van der Waals surface area contributed by atoms with Crippen LogP contribution >= 0.6 is 7.82 Å². The highest BCUT2D eigenvalue weighted by Crippen LogP contribution is 2.54. The topological polar surface area (TPSA) is 72.5 Å². The molecule has 0 spiro atoms. The third-order valence-corrected chi connectivity index (χ3v) is 10.2. The molecule has 1 aliphatic rings. The third-order valence-electron chi connectivity index (χ3n) is 8.76. The second-order valence-electron chi connectivity index (χ2n) is 12.6. The van der Waals surface area contributed by atoms with Gasteiger partial charge in [0.25, 0.3) is 0 Å². The molecule has 5 atom stereocenters. The SMILES string of the molecule is CC1CC(OP(=O)(OCc2ccccc2)OCc2ccccc2)C(OCc2ccccc2)C(OCc2ccccc2)C1OCc1ccccc1. The summed E-state index contributed by atoms with van der Waals surface area (Å²) in [4.78, 5) is 0. The minimum atomic E-state index is -4.14. The van der Waals surface area contributed by atoms with Crippen molar-refractivity contribution in [3.05, 3.63) is 179 Å². The van der Waals surface area contributed by atoms with Crippen molar-refractivity contribution in [2.75, 3.05) is 0 Å². The van der Waals surface area contributed by atoms with E-state index in [4.69, 9.17) is 27.8 Å². The van der Waals surface area contributed by atoms with Gasteiger partial charge in [-0.2, -0.15) is 0 Å². The molecule has 0 N–H and O–H groups in total. The van der Waals surface area contributed by atoms with Gasteiger partial charge in [0, 0.05) is 0 Å². The molecule has 1 fully saturated rings. The van der Waals surface area contributed by atoms with E-state index in [1.54, 1.807) is 0 Å². The van der Waals surface area contributed by atoms with Crippen molar-refractivity contribution >= 4 is 7.82 Å². The van der Waals surface area contributed by atoms with Gasteiger partial charge in [0.15, 0.2) is 0 Å². The van der Waals surface area contributed by atoms with Crippen LogP contribution in [0.4, 0.5) is 0 Å². The van der Waals surface area contributed by atoms with E-state index in [-0.39, 0.29) is 25.2 Å². The van der Waals surface area contributed by atoms with Crippen LogP contribution in [0.1, 0.15) is 41.2 Å². The van der Waals surface area contributed by atoms with Gasteiger partial charge in [-0.1, -0.05) is 159 Å². The first kappa shape index (κ1) is 35.9. The molecule has 7 nitrogen and oxygen atoms in total. The molecule has 1 saturated carbocycles. The van der Waals surface area contributed by atoms with Crippen LogP contribution in [0.15, 0.2) is 152 Å². The Balaban J connectivity index is 1.30. The smallest absolute Gasteiger partial charge is 0.370 e. The lowest BCUT2D eigenvalue weighted by Crippen LogP contribution is -2.56. The van der Waals surface area contributed by atoms with E-state index >= 15 is 0 Å². The molecule has 0 heterocycles. The molecule has 0 aromatic heterocycles. The quantitative estimate of drug-likeness (QED) is 0.0899. The fourth-order valence-electron chi connectivity index (χ4n) is 6.13. The first-order valence-electron chi connectivity index (χ1n) is 17.2. The molecule has 8 heteroatoms. The summed E-state index contributed by atoms with van der Waals surface area (Å²) in [6.07, 6.45) is -1.77. The highest BCUT2D eigenvalue weighted by atomic mass is 31.2. The van der Waals surface area contributed by atoms with Crippen LogP contribution in [0.2, 0.25) is 0 Å². The molecular formula is C42H45O7P. The summed E-state index contributed by atoms with van der Waals surface area (Å²) in [7, 11) is -4.14. The van der Waals surface area contributed by atoms with E-state index in [9.17, 15) is 4.57 Å². The Labute approximate surface area is 295 Å². The molecule has 50 heavy (non-hydrogen) atoms. The Kier molecular flexibility index (Phi) is 13.2. The average Bonchev–Trinajstić information content (AvgIpc) is 3.17. The predicted molar refractivity (Wildman–Crippen MR) is 194 cm³/mol. The van der Waals surface area contributed by atoms with Crippen LogP contribution in [-0.4, -0.2) is 24.4 Å². The van der Waals surface area contributed by atoms with Crippen molar-refractivity contribution in [2.24, 2.45) is 5.92 Å². The molecule has 0 amide bonds. The molecule has 0 aliphatic heterocycles. The van der Waals surface area contributed by atoms with Gasteiger partial charge in [-0.3, -0.25) is 13.6 Å². The maximum Gasteiger partial charge on any atom is 0.475 e. The lowest BCUT2D eigenvalue weighted by atomic mass is 9.81. The van der Waals surface area contributed by atoms with Crippen molar-refractivity contribution in [3.8, 4) is 0 Å². The standard InChI is InChI=1S/C42H45O7P/c1-33-27-39(49-50(43,47-31-37-23-13-5-14-24-37)48-32-38-25-15-6-16-26-38)41(45-29-35-19-9-3-10-20-35)42(46-30-36-21-11-4-12-22-36)40(33)44-28-34-17-7-2-8-18-34/h2-26,33,39-42H,27-32H2,1H3. The Morgan fingerprint density at radius 1 is 0.460 bits per heavy atom. The first-order valence-corrected chi connectivity index (χ1v) is 18.6. The number of rotatable bonds is 17. The van der Waals surface area contributed by atoms with Crippen LogP contribution in [-0.2, 0) is 65.4 Å². The zero-order chi connectivity index (χ0) is 34.4. The largest absolute Gasteiger partial charge is 0.475 e. The molecule has 1 aliphatic carbocycles. The Morgan fingerprint density at radius 2 is 0.780 bits per heavy atom. The van der Waals surface area contributed by atoms with Gasteiger partial charge in [0.1, 0.15) is 12.2 Å². The molecule has 0 saturated heterocycles. The van der Waals surface area contributed by atoms with Gasteiger partial charge in [0.05, 0.1) is 45.2 Å². The Hall–Kier alpha value is -3.91. The van der Waals surface area contributed by atoms with Crippen LogP contribution in [0.25, 0.3) is 0 Å². The minimum Gasteiger partial charge on any atom is -0.370 e. The van der Waals surface area contributed by atoms with Crippen molar-refractivity contribution in [1.29, 1.82) is 0 Å². The van der Waals surface area contributed by atoms with Gasteiger partial charge >= 0.3 is 7.82 Å². The molecule has 0 bridgehead atoms. The van der Waals surface area contributed by atoms with Crippen molar-refractivity contribution in [1.82, 2.24) is 0 Å². The summed E-state index contributed by atoms with van der Waals surface area (Å²) in [5.41, 5.74) is 4.79. The lowest BCUT2D eigenvalue weighted by molar-refractivity contribution is -0.214. The third kappa shape index (κ3) is 10.5. The number of ether oxygens (including phenoxy) is 3. The number of phosphoric ester groups is 1. The lowest BCUT2D eigenvalue weighted by Gasteiger charge is -2.45. The molecule has 260 valence electrons. The van der Waals surface area contributed by atoms with Gasteiger partial charge in [0.2, 0.25) is 0 Å². The molecule has 5 unspecified atom stereocenters. The summed E-state index contributed by atoms with van der Waals surface area (Å²) < 4.78 is 53.4. The van der Waals surface area contributed by atoms with E-state index in [0.29, 0.717) is 26.2 Å². The highest BCUT2D eigenvalue weighted by Gasteiger charge is 2.49. The fourth-order valence-corrected chi connectivity index (χ4v) is 7.48. The fraction of sp³-hybridized carbons (Fsp3) is 0.286. The second-order valence-corrected chi connectivity index (χ2v) is 14.2. The van der Waals surface area contributed by atoms with Crippen LogP contribution in [0.3, 0.4) is 0 Å². The normalized spacial score (nSPS) is 20.8. The molecule has 0 radical (unpaired) electrons. The van der Waals surface area contributed by atoms with E-state index < -0.39 is 26.1 Å². The van der Waals surface area contributed by atoms with E-state index in [2.05, 4.69) is 6.92 Å². The van der Waals surface area contributed by atoms with E-state index in [1.807, 2.05) is 152 Å². The van der Waals surface area contributed by atoms with Gasteiger partial charge in [-0.25, -0.2) is 4.57 Å². The maximum absolute atomic E-state index is 14.6. The van der Waals surface area contributed by atoms with Crippen LogP contribution < -0.4 is 0 Å². The molecule has 5 aromatic carbocycles. The molecule has 6 rings (SSSR count). The molecular weight excluding hydrogens is 647 g/mol. The second kappa shape index (κ2) is 18.4.